The fourth-order valence-corrected chi connectivity index (χ4v) is 1.83. The molecular weight excluding hydrogens is 241 g/mol. The molecule has 0 aliphatic carbocycles. The molecule has 0 heterocycles. The molecule has 0 radical (unpaired) electrons. The summed E-state index contributed by atoms with van der Waals surface area (Å²) in [6.45, 7) is -0.0287. The van der Waals surface area contributed by atoms with Crippen LogP contribution in [0.25, 0.3) is 11.1 Å². The Morgan fingerprint density at radius 2 is 1.68 bits per heavy atom. The molecule has 0 amide bonds. The van der Waals surface area contributed by atoms with Crippen molar-refractivity contribution in [2.45, 2.75) is 6.61 Å². The number of nitriles is 1. The molecule has 0 fully saturated rings. The van der Waals surface area contributed by atoms with E-state index in [2.05, 4.69) is 0 Å². The predicted molar refractivity (Wildman–Crippen MR) is 72.3 cm³/mol. The van der Waals surface area contributed by atoms with Gasteiger partial charge in [0.1, 0.15) is 0 Å². The third-order valence-corrected chi connectivity index (χ3v) is 2.85. The zero-order valence-corrected chi connectivity index (χ0v) is 10.1. The van der Waals surface area contributed by atoms with Crippen LogP contribution in [0, 0.1) is 11.3 Å². The molecule has 0 unspecified atom stereocenters. The Balaban J connectivity index is 2.48. The van der Waals surface area contributed by atoms with Gasteiger partial charge in [-0.1, -0.05) is 30.3 Å². The summed E-state index contributed by atoms with van der Waals surface area (Å²) in [6.07, 6.45) is 0. The van der Waals surface area contributed by atoms with E-state index in [0.29, 0.717) is 5.56 Å². The topological polar surface area (TPSA) is 84.5 Å². The van der Waals surface area contributed by atoms with E-state index < -0.39 is 7.12 Å². The van der Waals surface area contributed by atoms with Gasteiger partial charge in [0.25, 0.3) is 0 Å². The van der Waals surface area contributed by atoms with Gasteiger partial charge in [0.05, 0.1) is 18.2 Å². The Hall–Kier alpha value is -2.13. The van der Waals surface area contributed by atoms with Crippen LogP contribution >= 0.6 is 0 Å². The second-order valence-corrected chi connectivity index (χ2v) is 4.18. The second-order valence-electron chi connectivity index (χ2n) is 4.18. The first-order chi connectivity index (χ1) is 9.13. The fourth-order valence-electron chi connectivity index (χ4n) is 1.83. The summed E-state index contributed by atoms with van der Waals surface area (Å²) < 4.78 is 0. The lowest BCUT2D eigenvalue weighted by molar-refractivity contribution is 0.282. The third kappa shape index (κ3) is 3.01. The van der Waals surface area contributed by atoms with Gasteiger partial charge in [0, 0.05) is 0 Å². The van der Waals surface area contributed by atoms with Gasteiger partial charge in [0.15, 0.2) is 0 Å². The lowest BCUT2D eigenvalue weighted by atomic mass is 9.78. The van der Waals surface area contributed by atoms with Crippen LogP contribution in [0.5, 0.6) is 0 Å². The van der Waals surface area contributed by atoms with Gasteiger partial charge < -0.3 is 15.2 Å². The van der Waals surface area contributed by atoms with Gasteiger partial charge in [-0.3, -0.25) is 0 Å². The number of aliphatic hydroxyl groups excluding tert-OH is 1. The fraction of sp³-hybridized carbons (Fsp3) is 0.0714. The lowest BCUT2D eigenvalue weighted by Gasteiger charge is -2.07. The molecule has 0 saturated heterocycles. The summed E-state index contributed by atoms with van der Waals surface area (Å²) in [5.74, 6) is 0. The Bertz CT molecular complexity index is 618. The van der Waals surface area contributed by atoms with Crippen molar-refractivity contribution in [3.8, 4) is 17.2 Å². The van der Waals surface area contributed by atoms with E-state index in [1.807, 2.05) is 18.2 Å². The van der Waals surface area contributed by atoms with Crippen molar-refractivity contribution in [2.75, 3.05) is 0 Å². The van der Waals surface area contributed by atoms with Gasteiger partial charge in [0.2, 0.25) is 0 Å². The molecule has 0 atom stereocenters. The van der Waals surface area contributed by atoms with Gasteiger partial charge in [-0.2, -0.15) is 5.26 Å². The van der Waals surface area contributed by atoms with E-state index in [-0.39, 0.29) is 12.1 Å². The van der Waals surface area contributed by atoms with Crippen molar-refractivity contribution in [2.24, 2.45) is 0 Å². The normalized spacial score (nSPS) is 10.0. The van der Waals surface area contributed by atoms with Crippen LogP contribution in [-0.2, 0) is 6.61 Å². The van der Waals surface area contributed by atoms with Crippen LogP contribution in [0.1, 0.15) is 11.1 Å². The molecule has 0 aliphatic heterocycles. The highest BCUT2D eigenvalue weighted by Gasteiger charge is 2.13. The number of benzene rings is 2. The number of hydrogen-bond acceptors (Lipinski definition) is 4. The molecule has 19 heavy (non-hydrogen) atoms. The van der Waals surface area contributed by atoms with Crippen molar-refractivity contribution < 1.29 is 15.2 Å². The van der Waals surface area contributed by atoms with E-state index >= 15 is 0 Å². The van der Waals surface area contributed by atoms with Crippen molar-refractivity contribution in [3.05, 3.63) is 53.6 Å². The Labute approximate surface area is 111 Å². The first-order valence-electron chi connectivity index (χ1n) is 5.75. The molecule has 0 aromatic heterocycles. The van der Waals surface area contributed by atoms with Crippen molar-refractivity contribution in [3.63, 3.8) is 0 Å². The Morgan fingerprint density at radius 1 is 1.00 bits per heavy atom. The summed E-state index contributed by atoms with van der Waals surface area (Å²) in [5.41, 5.74) is 3.01. The average molecular weight is 253 g/mol. The maximum absolute atomic E-state index is 9.21. The van der Waals surface area contributed by atoms with Crippen molar-refractivity contribution in [1.29, 1.82) is 5.26 Å². The summed E-state index contributed by atoms with van der Waals surface area (Å²) in [6, 6.07) is 13.9. The van der Waals surface area contributed by atoms with E-state index in [1.165, 1.54) is 6.07 Å². The summed E-state index contributed by atoms with van der Waals surface area (Å²) in [5, 5.41) is 36.4. The van der Waals surface area contributed by atoms with E-state index in [9.17, 15) is 10.0 Å². The lowest BCUT2D eigenvalue weighted by Crippen LogP contribution is -2.30. The maximum atomic E-state index is 9.21. The van der Waals surface area contributed by atoms with Gasteiger partial charge in [-0.05, 0) is 34.3 Å². The highest BCUT2D eigenvalue weighted by atomic mass is 16.4. The zero-order valence-electron chi connectivity index (χ0n) is 10.1. The summed E-state index contributed by atoms with van der Waals surface area (Å²) >= 11 is 0. The second kappa shape index (κ2) is 5.68. The monoisotopic (exact) mass is 253 g/mol. The van der Waals surface area contributed by atoms with Crippen molar-refractivity contribution in [1.82, 2.24) is 0 Å². The first-order valence-corrected chi connectivity index (χ1v) is 5.75. The summed E-state index contributed by atoms with van der Waals surface area (Å²) in [7, 11) is -1.61. The number of aliphatic hydroxyl groups is 1. The molecule has 0 spiro atoms. The number of hydrogen-bond donors (Lipinski definition) is 3. The Kier molecular flexibility index (Phi) is 3.98. The predicted octanol–water partition coefficient (Wildman–Crippen LogP) is 0.397. The highest BCUT2D eigenvalue weighted by Crippen LogP contribution is 2.20. The SMILES string of the molecule is N#Cc1cc(B(O)O)cc(-c2ccc(CO)cc2)c1. The van der Waals surface area contributed by atoms with Gasteiger partial charge in [-0.25, -0.2) is 0 Å². The van der Waals surface area contributed by atoms with Crippen LogP contribution in [0.4, 0.5) is 0 Å². The standard InChI is InChI=1S/C14H12BNO3/c16-8-11-5-13(7-14(6-11)15(18)19)12-3-1-10(9-17)2-4-12/h1-7,17-19H,9H2. The molecule has 4 nitrogen and oxygen atoms in total. The van der Waals surface area contributed by atoms with Crippen LogP contribution in [0.15, 0.2) is 42.5 Å². The van der Waals surface area contributed by atoms with Crippen LogP contribution in [-0.4, -0.2) is 22.3 Å². The summed E-state index contributed by atoms with van der Waals surface area (Å²) in [4.78, 5) is 0. The molecule has 5 heteroatoms. The molecule has 2 aromatic rings. The smallest absolute Gasteiger partial charge is 0.423 e. The van der Waals surface area contributed by atoms with E-state index in [4.69, 9.17) is 10.4 Å². The van der Waals surface area contributed by atoms with Gasteiger partial charge in [-0.15, -0.1) is 0 Å². The molecule has 2 aromatic carbocycles. The quantitative estimate of drug-likeness (QED) is 0.691. The van der Waals surface area contributed by atoms with Crippen LogP contribution < -0.4 is 5.46 Å². The van der Waals surface area contributed by atoms with E-state index in [0.717, 1.165) is 16.7 Å². The van der Waals surface area contributed by atoms with E-state index in [1.54, 1.807) is 24.3 Å². The highest BCUT2D eigenvalue weighted by molar-refractivity contribution is 6.58. The molecule has 0 saturated carbocycles. The minimum absolute atomic E-state index is 0.0287. The third-order valence-electron chi connectivity index (χ3n) is 2.85. The van der Waals surface area contributed by atoms with Gasteiger partial charge >= 0.3 is 7.12 Å². The minimum Gasteiger partial charge on any atom is -0.423 e. The molecule has 0 aliphatic rings. The molecule has 0 bridgehead atoms. The Morgan fingerprint density at radius 3 is 2.21 bits per heavy atom. The molecule has 3 N–H and O–H groups in total. The number of rotatable bonds is 3. The average Bonchev–Trinajstić information content (AvgIpc) is 2.46. The molecular formula is C14H12BNO3. The van der Waals surface area contributed by atoms with Crippen LogP contribution in [0.3, 0.4) is 0 Å². The largest absolute Gasteiger partial charge is 0.488 e. The molecule has 2 rings (SSSR count). The number of nitrogens with zero attached hydrogens (tertiary/aromatic N) is 1. The zero-order chi connectivity index (χ0) is 13.8. The minimum atomic E-state index is -1.61. The molecule has 94 valence electrons. The maximum Gasteiger partial charge on any atom is 0.488 e. The van der Waals surface area contributed by atoms with Crippen LogP contribution in [0.2, 0.25) is 0 Å². The van der Waals surface area contributed by atoms with Crippen molar-refractivity contribution >= 4 is 12.6 Å². The first kappa shape index (κ1) is 13.3.